The van der Waals surface area contributed by atoms with Gasteiger partial charge in [-0.05, 0) is 19.4 Å². The van der Waals surface area contributed by atoms with Crippen LogP contribution < -0.4 is 0 Å². The minimum atomic E-state index is -2.12. The number of rotatable bonds is 8. The van der Waals surface area contributed by atoms with E-state index in [4.69, 9.17) is 18.3 Å². The molecule has 17 heavy (non-hydrogen) atoms. The van der Waals surface area contributed by atoms with E-state index in [1.54, 1.807) is 21.3 Å². The quantitative estimate of drug-likeness (QED) is 0.496. The first-order valence-electron chi connectivity index (χ1n) is 6.19. The highest BCUT2D eigenvalue weighted by Crippen LogP contribution is 2.48. The first-order valence-corrected chi connectivity index (χ1v) is 8.59. The maximum Gasteiger partial charge on any atom is 0.338 e. The van der Waals surface area contributed by atoms with E-state index in [0.717, 1.165) is 32.7 Å². The molecule has 0 aliphatic carbocycles. The predicted molar refractivity (Wildman–Crippen MR) is 69.4 cm³/mol. The highest BCUT2D eigenvalue weighted by molar-refractivity contribution is 6.67. The summed E-state index contributed by atoms with van der Waals surface area (Å²) in [5.74, 6) is 0. The summed E-state index contributed by atoms with van der Waals surface area (Å²) in [6.45, 7) is 6.86. The maximum atomic E-state index is 5.72. The van der Waals surface area contributed by atoms with E-state index in [1.807, 2.05) is 0 Å². The van der Waals surface area contributed by atoms with Crippen LogP contribution >= 0.6 is 0 Å². The average molecular weight is 262 g/mol. The Kier molecular flexibility index (Phi) is 5.59. The molecule has 4 nitrogen and oxygen atoms in total. The van der Waals surface area contributed by atoms with Gasteiger partial charge in [0.15, 0.2) is 0 Å². The lowest BCUT2D eigenvalue weighted by molar-refractivity contribution is -0.113. The summed E-state index contributed by atoms with van der Waals surface area (Å²) >= 11 is 0. The second kappa shape index (κ2) is 6.29. The van der Waals surface area contributed by atoms with Crippen LogP contribution in [0.1, 0.15) is 19.8 Å². The van der Waals surface area contributed by atoms with Gasteiger partial charge in [-0.1, -0.05) is 6.92 Å². The van der Waals surface area contributed by atoms with Crippen LogP contribution in [0, 0.1) is 5.41 Å². The van der Waals surface area contributed by atoms with E-state index in [1.165, 1.54) is 0 Å². The molecular formula is C12H26O4Si. The van der Waals surface area contributed by atoms with Crippen molar-refractivity contribution in [3.63, 3.8) is 0 Å². The van der Waals surface area contributed by atoms with Crippen molar-refractivity contribution < 1.29 is 18.3 Å². The number of ether oxygens (including phenoxy) is 2. The summed E-state index contributed by atoms with van der Waals surface area (Å²) in [4.78, 5) is 0. The monoisotopic (exact) mass is 262 g/mol. The van der Waals surface area contributed by atoms with Crippen molar-refractivity contribution in [1.29, 1.82) is 0 Å². The van der Waals surface area contributed by atoms with Crippen molar-refractivity contribution in [3.05, 3.63) is 0 Å². The third kappa shape index (κ3) is 3.29. The normalized spacial score (nSPS) is 21.0. The molecule has 0 spiro atoms. The molecule has 1 aliphatic rings. The molecule has 0 aromatic carbocycles. The van der Waals surface area contributed by atoms with E-state index in [-0.39, 0.29) is 5.41 Å². The van der Waals surface area contributed by atoms with Gasteiger partial charge in [-0.25, -0.2) is 0 Å². The largest absolute Gasteiger partial charge is 0.398 e. The molecule has 0 N–H and O–H groups in total. The van der Waals surface area contributed by atoms with Gasteiger partial charge >= 0.3 is 8.56 Å². The molecule has 1 fully saturated rings. The number of hydrogen-bond donors (Lipinski definition) is 0. The third-order valence-electron chi connectivity index (χ3n) is 3.99. The van der Waals surface area contributed by atoms with Crippen molar-refractivity contribution in [2.45, 2.75) is 31.9 Å². The summed E-state index contributed by atoms with van der Waals surface area (Å²) in [6, 6.07) is 0. The molecule has 0 aromatic rings. The van der Waals surface area contributed by atoms with Crippen molar-refractivity contribution in [1.82, 2.24) is 0 Å². The van der Waals surface area contributed by atoms with Crippen molar-refractivity contribution in [2.24, 2.45) is 5.41 Å². The van der Waals surface area contributed by atoms with E-state index in [0.29, 0.717) is 5.54 Å². The van der Waals surface area contributed by atoms with Gasteiger partial charge in [0.1, 0.15) is 0 Å². The van der Waals surface area contributed by atoms with Crippen LogP contribution in [0.5, 0.6) is 0 Å². The molecule has 0 aromatic heterocycles. The lowest BCUT2D eigenvalue weighted by Crippen LogP contribution is -2.55. The maximum absolute atomic E-state index is 5.72. The van der Waals surface area contributed by atoms with Crippen LogP contribution in [-0.2, 0) is 18.3 Å². The molecule has 0 amide bonds. The van der Waals surface area contributed by atoms with Crippen LogP contribution in [0.15, 0.2) is 0 Å². The van der Waals surface area contributed by atoms with Crippen LogP contribution in [0.2, 0.25) is 12.1 Å². The lowest BCUT2D eigenvalue weighted by atomic mass is 9.82. The molecule has 0 saturated carbocycles. The van der Waals surface area contributed by atoms with Crippen molar-refractivity contribution in [2.75, 3.05) is 41.2 Å². The fourth-order valence-electron chi connectivity index (χ4n) is 2.67. The highest BCUT2D eigenvalue weighted by atomic mass is 28.4. The molecule has 1 unspecified atom stereocenters. The average Bonchev–Trinajstić information content (AvgIpc) is 2.31. The first-order chi connectivity index (χ1) is 8.02. The smallest absolute Gasteiger partial charge is 0.338 e. The standard InChI is InChI=1S/C12H26O4Si/c1-12(9-16-10-12)11(7-6-8-13-2)17(5,14-3)15-4/h11H,6-10H2,1-5H3. The SMILES string of the molecule is COCCCC(C1(C)COC1)[Si](C)(OC)OC. The van der Waals surface area contributed by atoms with Crippen LogP contribution in [-0.4, -0.2) is 49.7 Å². The van der Waals surface area contributed by atoms with Gasteiger partial charge < -0.3 is 18.3 Å². The highest BCUT2D eigenvalue weighted by Gasteiger charge is 2.53. The van der Waals surface area contributed by atoms with Crippen molar-refractivity contribution in [3.8, 4) is 0 Å². The zero-order valence-corrected chi connectivity index (χ0v) is 12.7. The Morgan fingerprint density at radius 2 is 1.82 bits per heavy atom. The second-order valence-corrected chi connectivity index (χ2v) is 8.80. The van der Waals surface area contributed by atoms with Crippen LogP contribution in [0.25, 0.3) is 0 Å². The van der Waals surface area contributed by atoms with Gasteiger partial charge in [0.25, 0.3) is 0 Å². The molecule has 1 heterocycles. The number of methoxy groups -OCH3 is 1. The van der Waals surface area contributed by atoms with Gasteiger partial charge in [-0.15, -0.1) is 0 Å². The Labute approximate surface area is 106 Å². The Morgan fingerprint density at radius 3 is 2.18 bits per heavy atom. The molecule has 1 saturated heterocycles. The Bertz CT molecular complexity index is 227. The van der Waals surface area contributed by atoms with Gasteiger partial charge in [0, 0.05) is 38.9 Å². The summed E-state index contributed by atoms with van der Waals surface area (Å²) in [7, 11) is 3.16. The zero-order chi connectivity index (χ0) is 12.9. The Balaban J connectivity index is 2.70. The minimum Gasteiger partial charge on any atom is -0.398 e. The van der Waals surface area contributed by atoms with Gasteiger partial charge in [0.05, 0.1) is 13.2 Å². The molecule has 1 rings (SSSR count). The summed E-state index contributed by atoms with van der Waals surface area (Å²) in [5.41, 5.74) is 0.662. The fourth-order valence-corrected chi connectivity index (χ4v) is 5.57. The second-order valence-electron chi connectivity index (χ2n) is 5.26. The summed E-state index contributed by atoms with van der Waals surface area (Å²) in [6.07, 6.45) is 2.13. The van der Waals surface area contributed by atoms with Gasteiger partial charge in [-0.2, -0.15) is 0 Å². The van der Waals surface area contributed by atoms with E-state index in [2.05, 4.69) is 13.5 Å². The van der Waals surface area contributed by atoms with Gasteiger partial charge in [0.2, 0.25) is 0 Å². The first kappa shape index (κ1) is 15.1. The third-order valence-corrected chi connectivity index (χ3v) is 7.86. The van der Waals surface area contributed by atoms with Crippen LogP contribution in [0.3, 0.4) is 0 Å². The van der Waals surface area contributed by atoms with E-state index in [9.17, 15) is 0 Å². The molecule has 102 valence electrons. The molecular weight excluding hydrogens is 236 g/mol. The van der Waals surface area contributed by atoms with E-state index >= 15 is 0 Å². The predicted octanol–water partition coefficient (Wildman–Crippen LogP) is 2.18. The van der Waals surface area contributed by atoms with E-state index < -0.39 is 8.56 Å². The fraction of sp³-hybridized carbons (Fsp3) is 1.00. The molecule has 5 heteroatoms. The van der Waals surface area contributed by atoms with Crippen molar-refractivity contribution >= 4 is 8.56 Å². The summed E-state index contributed by atoms with van der Waals surface area (Å²) < 4.78 is 22.0. The summed E-state index contributed by atoms with van der Waals surface area (Å²) in [5, 5.41) is 0. The van der Waals surface area contributed by atoms with Gasteiger partial charge in [-0.3, -0.25) is 0 Å². The molecule has 0 radical (unpaired) electrons. The molecule has 1 aliphatic heterocycles. The topological polar surface area (TPSA) is 36.9 Å². The zero-order valence-electron chi connectivity index (χ0n) is 11.7. The number of hydrogen-bond acceptors (Lipinski definition) is 4. The Hall–Kier alpha value is 0.0569. The molecule has 0 bridgehead atoms. The lowest BCUT2D eigenvalue weighted by Gasteiger charge is -2.49. The minimum absolute atomic E-state index is 0.209. The molecule has 1 atom stereocenters. The Morgan fingerprint density at radius 1 is 1.24 bits per heavy atom. The van der Waals surface area contributed by atoms with Crippen LogP contribution in [0.4, 0.5) is 0 Å².